The number of hydrogen-bond donors (Lipinski definition) is 2. The average Bonchev–Trinajstić information content (AvgIpc) is 2.39. The van der Waals surface area contributed by atoms with E-state index in [0.29, 0.717) is 12.5 Å². The molecule has 2 N–H and O–H groups in total. The lowest BCUT2D eigenvalue weighted by Crippen LogP contribution is -2.05. The van der Waals surface area contributed by atoms with Crippen molar-refractivity contribution in [2.45, 2.75) is 13.5 Å². The Labute approximate surface area is 114 Å². The predicted octanol–water partition coefficient (Wildman–Crippen LogP) is 2.68. The highest BCUT2D eigenvalue weighted by atomic mass is 79.9. The summed E-state index contributed by atoms with van der Waals surface area (Å²) in [6.45, 7) is 3.57. The minimum Gasteiger partial charge on any atom is -0.370 e. The molecule has 0 unspecified atom stereocenters. The standard InChI is InChI=1S/C12H14BrN5/c1-2-14-11-5-9(3-4-15-11)6-16-12-17-7-10(13)8-18-12/h3-5,7-8H,2,6H2,1H3,(H,14,15)(H,16,17,18). The summed E-state index contributed by atoms with van der Waals surface area (Å²) in [7, 11) is 0. The zero-order chi connectivity index (χ0) is 12.8. The summed E-state index contributed by atoms with van der Waals surface area (Å²) >= 11 is 3.30. The van der Waals surface area contributed by atoms with Crippen LogP contribution < -0.4 is 10.6 Å². The molecule has 2 rings (SSSR count). The molecule has 0 saturated heterocycles. The molecule has 0 saturated carbocycles. The Bertz CT molecular complexity index is 500. The lowest BCUT2D eigenvalue weighted by molar-refractivity contribution is 1.04. The topological polar surface area (TPSA) is 62.7 Å². The maximum Gasteiger partial charge on any atom is 0.222 e. The van der Waals surface area contributed by atoms with Gasteiger partial charge in [0.15, 0.2) is 0 Å². The van der Waals surface area contributed by atoms with Crippen LogP contribution in [0, 0.1) is 0 Å². The lowest BCUT2D eigenvalue weighted by atomic mass is 10.2. The second kappa shape index (κ2) is 6.30. The molecule has 0 aliphatic rings. The van der Waals surface area contributed by atoms with Crippen molar-refractivity contribution in [2.24, 2.45) is 0 Å². The first-order chi connectivity index (χ1) is 8.78. The molecule has 0 aromatic carbocycles. The molecule has 6 heteroatoms. The van der Waals surface area contributed by atoms with Gasteiger partial charge in [-0.3, -0.25) is 0 Å². The molecule has 0 amide bonds. The van der Waals surface area contributed by atoms with Crippen molar-refractivity contribution in [2.75, 3.05) is 17.2 Å². The molecule has 5 nitrogen and oxygen atoms in total. The molecule has 0 atom stereocenters. The van der Waals surface area contributed by atoms with Crippen molar-refractivity contribution in [1.82, 2.24) is 15.0 Å². The van der Waals surface area contributed by atoms with Gasteiger partial charge in [-0.15, -0.1) is 0 Å². The summed E-state index contributed by atoms with van der Waals surface area (Å²) < 4.78 is 0.867. The van der Waals surface area contributed by atoms with Gasteiger partial charge in [-0.05, 0) is 40.5 Å². The number of nitrogens with one attached hydrogen (secondary N) is 2. The Morgan fingerprint density at radius 3 is 2.67 bits per heavy atom. The molecular weight excluding hydrogens is 294 g/mol. The first kappa shape index (κ1) is 12.8. The normalized spacial score (nSPS) is 10.1. The van der Waals surface area contributed by atoms with Crippen molar-refractivity contribution in [3.8, 4) is 0 Å². The number of pyridine rings is 1. The summed E-state index contributed by atoms with van der Waals surface area (Å²) in [5.74, 6) is 1.49. The van der Waals surface area contributed by atoms with Crippen LogP contribution in [0.5, 0.6) is 0 Å². The van der Waals surface area contributed by atoms with Crippen LogP contribution in [0.2, 0.25) is 0 Å². The summed E-state index contributed by atoms with van der Waals surface area (Å²) in [4.78, 5) is 12.5. The summed E-state index contributed by atoms with van der Waals surface area (Å²) in [6.07, 6.45) is 5.22. The van der Waals surface area contributed by atoms with E-state index in [9.17, 15) is 0 Å². The smallest absolute Gasteiger partial charge is 0.222 e. The van der Waals surface area contributed by atoms with E-state index in [0.717, 1.165) is 22.4 Å². The van der Waals surface area contributed by atoms with Gasteiger partial charge in [0, 0.05) is 31.7 Å². The molecule has 0 radical (unpaired) electrons. The first-order valence-electron chi connectivity index (χ1n) is 5.68. The SMILES string of the molecule is CCNc1cc(CNc2ncc(Br)cn2)ccn1. The molecule has 2 aromatic heterocycles. The molecule has 2 aromatic rings. The molecule has 2 heterocycles. The maximum absolute atomic E-state index is 4.22. The van der Waals surface area contributed by atoms with Gasteiger partial charge in [0.25, 0.3) is 0 Å². The third-order valence-electron chi connectivity index (χ3n) is 2.25. The summed E-state index contributed by atoms with van der Waals surface area (Å²) in [6, 6.07) is 3.97. The van der Waals surface area contributed by atoms with Crippen molar-refractivity contribution >= 4 is 27.7 Å². The second-order valence-corrected chi connectivity index (χ2v) is 4.57. The second-order valence-electron chi connectivity index (χ2n) is 3.66. The van der Waals surface area contributed by atoms with Gasteiger partial charge in [-0.2, -0.15) is 0 Å². The van der Waals surface area contributed by atoms with E-state index in [4.69, 9.17) is 0 Å². The Hall–Kier alpha value is -1.69. The van der Waals surface area contributed by atoms with Crippen molar-refractivity contribution < 1.29 is 0 Å². The van der Waals surface area contributed by atoms with Crippen LogP contribution in [0.4, 0.5) is 11.8 Å². The van der Waals surface area contributed by atoms with E-state index < -0.39 is 0 Å². The summed E-state index contributed by atoms with van der Waals surface area (Å²) in [5.41, 5.74) is 1.13. The minimum absolute atomic E-state index is 0.611. The molecule has 0 spiro atoms. The van der Waals surface area contributed by atoms with Crippen molar-refractivity contribution in [3.63, 3.8) is 0 Å². The van der Waals surface area contributed by atoms with Crippen LogP contribution in [0.15, 0.2) is 35.2 Å². The number of rotatable bonds is 5. The monoisotopic (exact) mass is 307 g/mol. The van der Waals surface area contributed by atoms with Crippen molar-refractivity contribution in [1.29, 1.82) is 0 Å². The first-order valence-corrected chi connectivity index (χ1v) is 6.47. The van der Waals surface area contributed by atoms with E-state index in [2.05, 4.69) is 41.5 Å². The van der Waals surface area contributed by atoms with Gasteiger partial charge in [-0.25, -0.2) is 15.0 Å². The van der Waals surface area contributed by atoms with E-state index >= 15 is 0 Å². The Morgan fingerprint density at radius 1 is 1.17 bits per heavy atom. The van der Waals surface area contributed by atoms with Crippen LogP contribution in [-0.2, 0) is 6.54 Å². The largest absolute Gasteiger partial charge is 0.370 e. The van der Waals surface area contributed by atoms with Gasteiger partial charge < -0.3 is 10.6 Å². The lowest BCUT2D eigenvalue weighted by Gasteiger charge is -2.07. The highest BCUT2D eigenvalue weighted by molar-refractivity contribution is 9.10. The molecule has 0 aliphatic heterocycles. The number of nitrogens with zero attached hydrogens (tertiary/aromatic N) is 3. The van der Waals surface area contributed by atoms with E-state index in [1.54, 1.807) is 18.6 Å². The van der Waals surface area contributed by atoms with Gasteiger partial charge in [-0.1, -0.05) is 0 Å². The van der Waals surface area contributed by atoms with Crippen LogP contribution in [0.25, 0.3) is 0 Å². The zero-order valence-corrected chi connectivity index (χ0v) is 11.6. The number of aromatic nitrogens is 3. The maximum atomic E-state index is 4.22. The van der Waals surface area contributed by atoms with E-state index in [-0.39, 0.29) is 0 Å². The van der Waals surface area contributed by atoms with E-state index in [1.807, 2.05) is 19.1 Å². The van der Waals surface area contributed by atoms with Gasteiger partial charge in [0.2, 0.25) is 5.95 Å². The third kappa shape index (κ3) is 3.66. The van der Waals surface area contributed by atoms with Gasteiger partial charge in [0.1, 0.15) is 5.82 Å². The number of hydrogen-bond acceptors (Lipinski definition) is 5. The fourth-order valence-corrected chi connectivity index (χ4v) is 1.65. The highest BCUT2D eigenvalue weighted by Crippen LogP contribution is 2.10. The molecule has 0 fully saturated rings. The van der Waals surface area contributed by atoms with Crippen molar-refractivity contribution in [3.05, 3.63) is 40.8 Å². The van der Waals surface area contributed by atoms with Crippen LogP contribution in [-0.4, -0.2) is 21.5 Å². The predicted molar refractivity (Wildman–Crippen MR) is 75.5 cm³/mol. The fraction of sp³-hybridized carbons (Fsp3) is 0.250. The highest BCUT2D eigenvalue weighted by Gasteiger charge is 1.98. The third-order valence-corrected chi connectivity index (χ3v) is 2.66. The molecular formula is C12H14BrN5. The van der Waals surface area contributed by atoms with Crippen LogP contribution in [0.3, 0.4) is 0 Å². The zero-order valence-electron chi connectivity index (χ0n) is 10.0. The molecule has 18 heavy (non-hydrogen) atoms. The number of anilines is 2. The Balaban J connectivity index is 1.97. The van der Waals surface area contributed by atoms with Gasteiger partial charge in [0.05, 0.1) is 4.47 Å². The summed E-state index contributed by atoms with van der Waals surface area (Å²) in [5, 5.41) is 6.34. The average molecular weight is 308 g/mol. The van der Waals surface area contributed by atoms with Crippen LogP contribution in [0.1, 0.15) is 12.5 Å². The Morgan fingerprint density at radius 2 is 1.94 bits per heavy atom. The van der Waals surface area contributed by atoms with E-state index in [1.165, 1.54) is 0 Å². The molecule has 0 bridgehead atoms. The Kier molecular flexibility index (Phi) is 4.46. The number of halogens is 1. The quantitative estimate of drug-likeness (QED) is 0.889. The molecule has 94 valence electrons. The minimum atomic E-state index is 0.611. The van der Waals surface area contributed by atoms with Crippen LogP contribution >= 0.6 is 15.9 Å². The van der Waals surface area contributed by atoms with Gasteiger partial charge >= 0.3 is 0 Å². The fourth-order valence-electron chi connectivity index (χ4n) is 1.45. The molecule has 0 aliphatic carbocycles.